The fourth-order valence-corrected chi connectivity index (χ4v) is 7.98. The Morgan fingerprint density at radius 2 is 0.750 bits per heavy atom. The van der Waals surface area contributed by atoms with Gasteiger partial charge in [-0.1, -0.05) is 195 Å². The minimum atomic E-state index is -4.77. The molecule has 0 aliphatic heterocycles. The number of phosphoric ester groups is 1. The Kier molecular flexibility index (Phi) is 51.0. The summed E-state index contributed by atoms with van der Waals surface area (Å²) in [5.41, 5.74) is 0. The number of rotatable bonds is 51. The lowest BCUT2D eigenvalue weighted by atomic mass is 10.1. The summed E-state index contributed by atoms with van der Waals surface area (Å²) in [6.45, 7) is 4.37. The Balaban J connectivity index is 4.82. The van der Waals surface area contributed by atoms with Crippen molar-refractivity contribution in [1.29, 1.82) is 0 Å². The second kappa shape index (κ2) is 53.7. The van der Waals surface area contributed by atoms with Crippen molar-refractivity contribution in [2.45, 2.75) is 238 Å². The summed E-state index contributed by atoms with van der Waals surface area (Å²) >= 11 is 0. The van der Waals surface area contributed by atoms with Crippen LogP contribution in [-0.4, -0.2) is 66.5 Å². The molecule has 3 atom stereocenters. The van der Waals surface area contributed by atoms with Crippen LogP contribution in [0, 0.1) is 0 Å². The van der Waals surface area contributed by atoms with E-state index in [0.717, 1.165) is 116 Å². The number of unbranched alkanes of at least 4 members (excludes halogenated alkanes) is 18. The number of carbonyl (C=O) groups excluding carboxylic acids is 3. The van der Waals surface area contributed by atoms with Gasteiger partial charge in [0.05, 0.1) is 19.8 Å². The van der Waals surface area contributed by atoms with Crippen LogP contribution >= 0.6 is 7.82 Å². The third-order valence-electron chi connectivity index (χ3n) is 11.5. The maximum atomic E-state index is 12.9. The topological polar surface area (TPSA) is 155 Å². The average Bonchev–Trinajstić information content (AvgIpc) is 3.37. The lowest BCUT2D eigenvalue weighted by Gasteiger charge is -2.21. The van der Waals surface area contributed by atoms with Crippen LogP contribution < -0.4 is 0 Å². The fourth-order valence-electron chi connectivity index (χ4n) is 7.19. The van der Waals surface area contributed by atoms with E-state index in [-0.39, 0.29) is 25.9 Å². The molecule has 0 aromatic rings. The SMILES string of the molecule is CC/C=C\C/C=C\C/C=C\C/C=C\CCC(=O)OC(CO)COP(=O)(O)OCC(COC(=O)CCCCCCC/C=C\CCCCCC)OC(=O)CCCCCCCC/C=C\C/C=C\C/C=C\CCCCC. The van der Waals surface area contributed by atoms with E-state index in [1.807, 2.05) is 18.2 Å². The van der Waals surface area contributed by atoms with Gasteiger partial charge in [0.2, 0.25) is 0 Å². The zero-order valence-corrected chi connectivity index (χ0v) is 46.3. The van der Waals surface area contributed by atoms with Crippen molar-refractivity contribution >= 4 is 25.7 Å². The molecule has 0 rings (SSSR count). The molecule has 0 amide bonds. The second-order valence-corrected chi connectivity index (χ2v) is 19.8. The van der Waals surface area contributed by atoms with Crippen molar-refractivity contribution in [3.05, 3.63) is 97.2 Å². The Labute approximate surface area is 438 Å². The highest BCUT2D eigenvalue weighted by molar-refractivity contribution is 7.47. The maximum absolute atomic E-state index is 12.9. The van der Waals surface area contributed by atoms with Gasteiger partial charge < -0.3 is 24.2 Å². The van der Waals surface area contributed by atoms with Gasteiger partial charge in [0.15, 0.2) is 6.10 Å². The van der Waals surface area contributed by atoms with Gasteiger partial charge in [-0.3, -0.25) is 23.4 Å². The number of hydrogen-bond acceptors (Lipinski definition) is 10. The average molecular weight is 1030 g/mol. The summed E-state index contributed by atoms with van der Waals surface area (Å²) in [5, 5.41) is 9.78. The normalized spacial score (nSPS) is 14.1. The lowest BCUT2D eigenvalue weighted by molar-refractivity contribution is -0.161. The summed E-state index contributed by atoms with van der Waals surface area (Å²) < 4.78 is 39.4. The largest absolute Gasteiger partial charge is 0.472 e. The van der Waals surface area contributed by atoms with Crippen molar-refractivity contribution in [1.82, 2.24) is 0 Å². The number of esters is 3. The monoisotopic (exact) mass is 1030 g/mol. The van der Waals surface area contributed by atoms with E-state index in [2.05, 4.69) is 99.8 Å². The number of aliphatic hydroxyl groups excluding tert-OH is 1. The summed E-state index contributed by atoms with van der Waals surface area (Å²) in [6.07, 6.45) is 62.4. The van der Waals surface area contributed by atoms with E-state index in [1.165, 1.54) is 51.4 Å². The van der Waals surface area contributed by atoms with Crippen LogP contribution in [0.2, 0.25) is 0 Å². The molecule has 0 bridgehead atoms. The molecule has 3 unspecified atom stereocenters. The number of carbonyl (C=O) groups is 3. The number of phosphoric acid groups is 1. The highest BCUT2D eigenvalue weighted by Gasteiger charge is 2.28. The molecule has 0 radical (unpaired) electrons. The number of hydrogen-bond donors (Lipinski definition) is 2. The van der Waals surface area contributed by atoms with E-state index in [0.29, 0.717) is 19.3 Å². The van der Waals surface area contributed by atoms with E-state index in [1.54, 1.807) is 0 Å². The van der Waals surface area contributed by atoms with Crippen molar-refractivity contribution in [2.24, 2.45) is 0 Å². The van der Waals surface area contributed by atoms with Crippen LogP contribution in [0.25, 0.3) is 0 Å². The number of ether oxygens (including phenoxy) is 3. The van der Waals surface area contributed by atoms with Crippen LogP contribution in [0.1, 0.15) is 226 Å². The van der Waals surface area contributed by atoms with Gasteiger partial charge in [-0.2, -0.15) is 0 Å². The van der Waals surface area contributed by atoms with E-state index in [9.17, 15) is 28.9 Å². The molecule has 0 spiro atoms. The molecule has 0 aromatic heterocycles. The number of allylic oxidation sites excluding steroid dienone is 16. The zero-order chi connectivity index (χ0) is 52.7. The Morgan fingerprint density at radius 3 is 1.24 bits per heavy atom. The van der Waals surface area contributed by atoms with E-state index >= 15 is 0 Å². The summed E-state index contributed by atoms with van der Waals surface area (Å²) in [7, 11) is -4.77. The van der Waals surface area contributed by atoms with Crippen LogP contribution in [-0.2, 0) is 42.2 Å². The molecule has 412 valence electrons. The van der Waals surface area contributed by atoms with E-state index in [4.69, 9.17) is 23.3 Å². The minimum Gasteiger partial charge on any atom is -0.462 e. The van der Waals surface area contributed by atoms with Crippen LogP contribution in [0.5, 0.6) is 0 Å². The van der Waals surface area contributed by atoms with Crippen molar-refractivity contribution in [3.63, 3.8) is 0 Å². The quantitative estimate of drug-likeness (QED) is 0.0197. The van der Waals surface area contributed by atoms with Crippen molar-refractivity contribution in [3.8, 4) is 0 Å². The first-order chi connectivity index (χ1) is 35.2. The van der Waals surface area contributed by atoms with E-state index < -0.39 is 57.8 Å². The molecular weight excluding hydrogens is 928 g/mol. The van der Waals surface area contributed by atoms with Gasteiger partial charge in [0, 0.05) is 19.3 Å². The predicted molar refractivity (Wildman–Crippen MR) is 297 cm³/mol. The number of aliphatic hydroxyl groups is 1. The van der Waals surface area contributed by atoms with Gasteiger partial charge in [-0.05, 0) is 109 Å². The lowest BCUT2D eigenvalue weighted by Crippen LogP contribution is -2.30. The molecular formula is C60H101O11P. The first kappa shape index (κ1) is 68.4. The molecule has 0 saturated carbocycles. The molecule has 0 saturated heterocycles. The standard InChI is InChI=1S/C60H101O11P/c1-4-7-10-13-16-19-22-25-26-27-28-29-30-33-36-39-42-45-48-51-60(64)71-57(53-67-58(62)49-46-43-40-37-34-31-23-20-17-14-11-8-5-2)55-69-72(65,66)68-54-56(52-61)70-59(63)50-47-44-41-38-35-32-24-21-18-15-12-9-6-3/h9,12,16,18-21,23,25-26,28-29,32,35,41,44,56-57,61H,4-8,10-11,13-15,17,22,24,27,30-31,33-34,36-40,42-43,45-55H2,1-3H3,(H,65,66)/b12-9-,19-16-,21-18-,23-20-,26-25-,29-28-,35-32-,44-41-. The van der Waals surface area contributed by atoms with Gasteiger partial charge in [-0.25, -0.2) is 4.57 Å². The Bertz CT molecular complexity index is 1580. The maximum Gasteiger partial charge on any atom is 0.472 e. The zero-order valence-electron chi connectivity index (χ0n) is 45.4. The van der Waals surface area contributed by atoms with Gasteiger partial charge in [-0.15, -0.1) is 0 Å². The molecule has 0 aliphatic carbocycles. The van der Waals surface area contributed by atoms with Gasteiger partial charge in [0.1, 0.15) is 12.7 Å². The fraction of sp³-hybridized carbons (Fsp3) is 0.683. The van der Waals surface area contributed by atoms with Crippen molar-refractivity contribution < 1.29 is 52.2 Å². The highest BCUT2D eigenvalue weighted by Crippen LogP contribution is 2.43. The highest BCUT2D eigenvalue weighted by atomic mass is 31.2. The Morgan fingerprint density at radius 1 is 0.403 bits per heavy atom. The second-order valence-electron chi connectivity index (χ2n) is 18.4. The molecule has 11 nitrogen and oxygen atoms in total. The molecule has 0 heterocycles. The van der Waals surface area contributed by atoms with Crippen LogP contribution in [0.3, 0.4) is 0 Å². The first-order valence-electron chi connectivity index (χ1n) is 28.1. The third kappa shape index (κ3) is 51.3. The summed E-state index contributed by atoms with van der Waals surface area (Å²) in [4.78, 5) is 48.4. The van der Waals surface area contributed by atoms with Gasteiger partial charge in [0.25, 0.3) is 0 Å². The van der Waals surface area contributed by atoms with Crippen LogP contribution in [0.15, 0.2) is 97.2 Å². The predicted octanol–water partition coefficient (Wildman–Crippen LogP) is 16.5. The molecule has 0 fully saturated rings. The molecule has 72 heavy (non-hydrogen) atoms. The molecule has 12 heteroatoms. The molecule has 0 aromatic carbocycles. The van der Waals surface area contributed by atoms with Crippen LogP contribution in [0.4, 0.5) is 0 Å². The van der Waals surface area contributed by atoms with Crippen molar-refractivity contribution in [2.75, 3.05) is 26.4 Å². The smallest absolute Gasteiger partial charge is 0.462 e. The minimum absolute atomic E-state index is 0.0509. The molecule has 2 N–H and O–H groups in total. The summed E-state index contributed by atoms with van der Waals surface area (Å²) in [6, 6.07) is 0. The molecule has 0 aliphatic rings. The Hall–Kier alpha value is -3.60. The van der Waals surface area contributed by atoms with Gasteiger partial charge >= 0.3 is 25.7 Å². The third-order valence-corrected chi connectivity index (χ3v) is 12.4. The summed E-state index contributed by atoms with van der Waals surface area (Å²) in [5.74, 6) is -1.58. The first-order valence-corrected chi connectivity index (χ1v) is 29.6.